The number of carboxylic acid groups (broad SMARTS) is 1. The van der Waals surface area contributed by atoms with Crippen LogP contribution >= 0.6 is 0 Å². The zero-order chi connectivity index (χ0) is 7.28. The average molecular weight is 135 g/mol. The van der Waals surface area contributed by atoms with Crippen LogP contribution in [-0.2, 0) is 4.84 Å². The van der Waals surface area contributed by atoms with Crippen LogP contribution in [0.4, 0.5) is 9.59 Å². The maximum Gasteiger partial charge on any atom is 0.526 e. The second-order valence-electron chi connectivity index (χ2n) is 0.959. The molecule has 0 saturated heterocycles. The lowest BCUT2D eigenvalue weighted by Crippen LogP contribution is -2.41. The number of hydrogen-bond donors (Lipinski definition) is 4. The number of nitrogens with two attached hydrogens (primary N) is 1. The van der Waals surface area contributed by atoms with Gasteiger partial charge in [-0.3, -0.25) is 0 Å². The van der Waals surface area contributed by atoms with Crippen LogP contribution in [0, 0.1) is 0 Å². The Bertz CT molecular complexity index is 109. The molecule has 0 aliphatic heterocycles. The molecule has 0 aromatic carbocycles. The Morgan fingerprint density at radius 2 is 2.11 bits per heavy atom. The summed E-state index contributed by atoms with van der Waals surface area (Å²) >= 11 is 0. The molecule has 0 bridgehead atoms. The van der Waals surface area contributed by atoms with Crippen LogP contribution in [-0.4, -0.2) is 17.3 Å². The van der Waals surface area contributed by atoms with Gasteiger partial charge in [-0.1, -0.05) is 5.59 Å². The molecule has 0 spiro atoms. The van der Waals surface area contributed by atoms with Crippen molar-refractivity contribution in [3.63, 3.8) is 0 Å². The summed E-state index contributed by atoms with van der Waals surface area (Å²) in [7, 11) is 0. The molecule has 0 aliphatic rings. The van der Waals surface area contributed by atoms with E-state index in [0.717, 1.165) is 0 Å². The van der Waals surface area contributed by atoms with Gasteiger partial charge in [0.25, 0.3) is 0 Å². The smallest absolute Gasteiger partial charge is 0.448 e. The van der Waals surface area contributed by atoms with Crippen LogP contribution in [0.5, 0.6) is 0 Å². The maximum atomic E-state index is 9.76. The Morgan fingerprint density at radius 1 is 1.56 bits per heavy atom. The maximum absolute atomic E-state index is 9.76. The number of hydrazine groups is 1. The Balaban J connectivity index is 3.10. The second kappa shape index (κ2) is 3.50. The molecule has 0 atom stereocenters. The Morgan fingerprint density at radius 3 is 2.44 bits per heavy atom. The van der Waals surface area contributed by atoms with Crippen LogP contribution < -0.4 is 16.7 Å². The number of carbonyl (C=O) groups is 2. The van der Waals surface area contributed by atoms with Gasteiger partial charge in [-0.15, -0.1) is 0 Å². The van der Waals surface area contributed by atoms with Crippen molar-refractivity contribution in [2.24, 2.45) is 5.73 Å². The number of urea groups is 1. The third-order valence-corrected chi connectivity index (χ3v) is 0.313. The van der Waals surface area contributed by atoms with Gasteiger partial charge in [0, 0.05) is 0 Å². The molecule has 5 N–H and O–H groups in total. The van der Waals surface area contributed by atoms with Gasteiger partial charge in [-0.25, -0.2) is 15.0 Å². The van der Waals surface area contributed by atoms with Crippen LogP contribution in [0.1, 0.15) is 0 Å². The van der Waals surface area contributed by atoms with Crippen molar-refractivity contribution in [2.75, 3.05) is 0 Å². The monoisotopic (exact) mass is 135 g/mol. The first-order chi connectivity index (χ1) is 4.13. The lowest BCUT2D eigenvalue weighted by atomic mass is 11.2. The summed E-state index contributed by atoms with van der Waals surface area (Å²) in [6, 6.07) is -0.934. The van der Waals surface area contributed by atoms with Crippen molar-refractivity contribution in [1.29, 1.82) is 0 Å². The lowest BCUT2D eigenvalue weighted by Gasteiger charge is -1.98. The van der Waals surface area contributed by atoms with Gasteiger partial charge in [0.15, 0.2) is 0 Å². The molecule has 0 fully saturated rings. The largest absolute Gasteiger partial charge is 0.526 e. The highest BCUT2D eigenvalue weighted by Gasteiger charge is 1.94. The quantitative estimate of drug-likeness (QED) is 0.354. The van der Waals surface area contributed by atoms with Gasteiger partial charge in [0.2, 0.25) is 0 Å². The minimum absolute atomic E-state index is 0.934. The number of rotatable bonds is 2. The number of hydrogen-bond acceptors (Lipinski definition) is 4. The molecule has 7 nitrogen and oxygen atoms in total. The minimum Gasteiger partial charge on any atom is -0.448 e. The van der Waals surface area contributed by atoms with Gasteiger partial charge >= 0.3 is 12.2 Å². The molecule has 0 rings (SSSR count). The van der Waals surface area contributed by atoms with Crippen molar-refractivity contribution in [1.82, 2.24) is 11.0 Å². The van der Waals surface area contributed by atoms with Crippen LogP contribution in [0.2, 0.25) is 0 Å². The van der Waals surface area contributed by atoms with E-state index < -0.39 is 12.2 Å². The third kappa shape index (κ3) is 6.50. The molecule has 0 saturated carbocycles. The highest BCUT2D eigenvalue weighted by atomic mass is 16.8. The summed E-state index contributed by atoms with van der Waals surface area (Å²) in [5, 5.41) is 7.75. The molecule has 7 heteroatoms. The van der Waals surface area contributed by atoms with Gasteiger partial charge < -0.3 is 15.7 Å². The molecular formula is C2H5N3O4. The molecule has 0 unspecified atom stereocenters. The average Bonchev–Trinajstić information content (AvgIpc) is 1.63. The summed E-state index contributed by atoms with van der Waals surface area (Å²) in [4.78, 5) is 22.9. The first-order valence-electron chi connectivity index (χ1n) is 1.83. The van der Waals surface area contributed by atoms with E-state index in [2.05, 4.69) is 10.6 Å². The van der Waals surface area contributed by atoms with E-state index >= 15 is 0 Å². The Kier molecular flexibility index (Phi) is 2.91. The predicted molar refractivity (Wildman–Crippen MR) is 25.0 cm³/mol. The first kappa shape index (κ1) is 7.50. The van der Waals surface area contributed by atoms with Crippen LogP contribution in [0.15, 0.2) is 0 Å². The van der Waals surface area contributed by atoms with E-state index in [-0.39, 0.29) is 0 Å². The number of nitrogens with one attached hydrogen (secondary N) is 2. The van der Waals surface area contributed by atoms with Gasteiger partial charge in [0.05, 0.1) is 0 Å². The highest BCUT2D eigenvalue weighted by Crippen LogP contribution is 1.62. The van der Waals surface area contributed by atoms with Crippen molar-refractivity contribution in [2.45, 2.75) is 0 Å². The van der Waals surface area contributed by atoms with Crippen molar-refractivity contribution < 1.29 is 19.5 Å². The molecule has 0 heterocycles. The summed E-state index contributed by atoms with van der Waals surface area (Å²) in [5.74, 6) is 0. The fourth-order valence-corrected chi connectivity index (χ4v) is 0.119. The highest BCUT2D eigenvalue weighted by molar-refractivity contribution is 5.70. The zero-order valence-corrected chi connectivity index (χ0v) is 4.25. The minimum atomic E-state index is -1.57. The van der Waals surface area contributed by atoms with E-state index in [1.54, 1.807) is 11.0 Å². The predicted octanol–water partition coefficient (Wildman–Crippen LogP) is -1.23. The van der Waals surface area contributed by atoms with Crippen LogP contribution in [0.25, 0.3) is 0 Å². The zero-order valence-electron chi connectivity index (χ0n) is 4.25. The molecular weight excluding hydrogens is 130 g/mol. The molecule has 0 aromatic rings. The molecule has 52 valence electrons. The first-order valence-corrected chi connectivity index (χ1v) is 1.83. The normalized spacial score (nSPS) is 8.00. The van der Waals surface area contributed by atoms with Gasteiger partial charge in [-0.05, 0) is 0 Å². The molecule has 0 aliphatic carbocycles. The summed E-state index contributed by atoms with van der Waals surface area (Å²) in [6.07, 6.45) is -1.57. The number of carbonyl (C=O) groups excluding carboxylic acids is 1. The number of primary amides is 1. The van der Waals surface area contributed by atoms with Gasteiger partial charge in [0.1, 0.15) is 0 Å². The topological polar surface area (TPSA) is 114 Å². The molecule has 0 radical (unpaired) electrons. The van der Waals surface area contributed by atoms with E-state index in [4.69, 9.17) is 5.11 Å². The summed E-state index contributed by atoms with van der Waals surface area (Å²) < 4.78 is 0. The summed E-state index contributed by atoms with van der Waals surface area (Å²) in [6.45, 7) is 0. The third-order valence-electron chi connectivity index (χ3n) is 0.313. The van der Waals surface area contributed by atoms with E-state index in [9.17, 15) is 9.59 Å². The van der Waals surface area contributed by atoms with Crippen molar-refractivity contribution in [3.8, 4) is 0 Å². The van der Waals surface area contributed by atoms with E-state index in [1.807, 2.05) is 0 Å². The fraction of sp³-hybridized carbons (Fsp3) is 0. The standard InChI is InChI=1S/C2H5N3O4/c3-1(6)4-5-9-2(7)8/h5H,(H,7,8)(H3,3,4,6). The van der Waals surface area contributed by atoms with Gasteiger partial charge in [-0.2, -0.15) is 0 Å². The molecule has 2 amide bonds. The number of amides is 2. The van der Waals surface area contributed by atoms with Crippen molar-refractivity contribution >= 4 is 12.2 Å². The molecule has 0 aromatic heterocycles. The Labute approximate surface area is 49.7 Å². The van der Waals surface area contributed by atoms with E-state index in [0.29, 0.717) is 0 Å². The van der Waals surface area contributed by atoms with Crippen LogP contribution in [0.3, 0.4) is 0 Å². The molecule has 9 heavy (non-hydrogen) atoms. The lowest BCUT2D eigenvalue weighted by molar-refractivity contribution is 0.0308. The Hall–Kier alpha value is -1.50. The van der Waals surface area contributed by atoms with Crippen molar-refractivity contribution in [3.05, 3.63) is 0 Å². The second-order valence-corrected chi connectivity index (χ2v) is 0.959. The van der Waals surface area contributed by atoms with E-state index in [1.165, 1.54) is 0 Å². The fourth-order valence-electron chi connectivity index (χ4n) is 0.119. The SMILES string of the molecule is NC(=O)NNOC(=O)O. The summed E-state index contributed by atoms with van der Waals surface area (Å²) in [5.41, 5.74) is 7.72.